The van der Waals surface area contributed by atoms with E-state index in [9.17, 15) is 9.59 Å². The number of carbonyl (C=O) groups excluding carboxylic acids is 2. The Labute approximate surface area is 95.6 Å². The van der Waals surface area contributed by atoms with Gasteiger partial charge in [0.2, 0.25) is 0 Å². The van der Waals surface area contributed by atoms with E-state index < -0.39 is 17.0 Å². The molecule has 0 N–H and O–H groups in total. The molecule has 1 saturated carbocycles. The molecule has 4 nitrogen and oxygen atoms in total. The van der Waals surface area contributed by atoms with E-state index in [4.69, 9.17) is 10.00 Å². The maximum atomic E-state index is 11.6. The summed E-state index contributed by atoms with van der Waals surface area (Å²) < 4.78 is 5.13. The van der Waals surface area contributed by atoms with E-state index in [1.54, 1.807) is 20.8 Å². The number of ketones is 1. The Bertz CT molecular complexity index is 348. The van der Waals surface area contributed by atoms with Crippen LogP contribution in [0.3, 0.4) is 0 Å². The zero-order valence-corrected chi connectivity index (χ0v) is 10.0. The Kier molecular flexibility index (Phi) is 3.37. The highest BCUT2D eigenvalue weighted by Crippen LogP contribution is 2.37. The van der Waals surface area contributed by atoms with Gasteiger partial charge < -0.3 is 4.74 Å². The van der Waals surface area contributed by atoms with E-state index in [0.29, 0.717) is 19.3 Å². The SMILES string of the molecule is CC(C)(C)OC(=O)CC1(C#N)CCCC1=O. The van der Waals surface area contributed by atoms with Gasteiger partial charge in [0.1, 0.15) is 11.0 Å². The van der Waals surface area contributed by atoms with Crippen molar-refractivity contribution >= 4 is 11.8 Å². The average Bonchev–Trinajstić information content (AvgIpc) is 2.45. The number of nitrogens with zero attached hydrogens (tertiary/aromatic N) is 1. The van der Waals surface area contributed by atoms with Gasteiger partial charge in [0.15, 0.2) is 5.78 Å². The zero-order valence-electron chi connectivity index (χ0n) is 10.0. The van der Waals surface area contributed by atoms with Crippen LogP contribution in [0, 0.1) is 16.7 Å². The van der Waals surface area contributed by atoms with Crippen molar-refractivity contribution < 1.29 is 14.3 Å². The van der Waals surface area contributed by atoms with E-state index in [1.807, 2.05) is 6.07 Å². The number of Topliss-reactive ketones (excluding diaryl/α,β-unsaturated/α-hetero) is 1. The molecule has 16 heavy (non-hydrogen) atoms. The van der Waals surface area contributed by atoms with Gasteiger partial charge in [-0.05, 0) is 33.6 Å². The molecule has 1 fully saturated rings. The summed E-state index contributed by atoms with van der Waals surface area (Å²) in [6.45, 7) is 5.29. The van der Waals surface area contributed by atoms with Gasteiger partial charge in [-0.15, -0.1) is 0 Å². The number of rotatable bonds is 2. The topological polar surface area (TPSA) is 67.2 Å². The van der Waals surface area contributed by atoms with Crippen molar-refractivity contribution in [2.45, 2.75) is 52.1 Å². The summed E-state index contributed by atoms with van der Waals surface area (Å²) >= 11 is 0. The first kappa shape index (κ1) is 12.7. The van der Waals surface area contributed by atoms with E-state index in [0.717, 1.165) is 0 Å². The molecule has 1 unspecified atom stereocenters. The minimum Gasteiger partial charge on any atom is -0.460 e. The molecule has 0 spiro atoms. The predicted molar refractivity (Wildman–Crippen MR) is 57.4 cm³/mol. The summed E-state index contributed by atoms with van der Waals surface area (Å²) in [4.78, 5) is 23.2. The van der Waals surface area contributed by atoms with Gasteiger partial charge in [-0.3, -0.25) is 9.59 Å². The standard InChI is InChI=1S/C12H17NO3/c1-11(2,3)16-10(15)7-12(8-13)6-4-5-9(12)14/h4-7H2,1-3H3. The average molecular weight is 223 g/mol. The van der Waals surface area contributed by atoms with Gasteiger partial charge in [0, 0.05) is 6.42 Å². The zero-order chi connectivity index (χ0) is 12.4. The summed E-state index contributed by atoms with van der Waals surface area (Å²) in [5.74, 6) is -0.592. The third kappa shape index (κ3) is 2.82. The fourth-order valence-electron chi connectivity index (χ4n) is 1.90. The van der Waals surface area contributed by atoms with Crippen LogP contribution in [0.5, 0.6) is 0 Å². The Hall–Kier alpha value is -1.37. The van der Waals surface area contributed by atoms with Crippen molar-refractivity contribution in [2.24, 2.45) is 5.41 Å². The summed E-state index contributed by atoms with van der Waals surface area (Å²) in [5.41, 5.74) is -1.70. The molecule has 0 saturated heterocycles. The normalized spacial score (nSPS) is 25.2. The van der Waals surface area contributed by atoms with Crippen LogP contribution in [-0.4, -0.2) is 17.4 Å². The molecule has 0 bridgehead atoms. The van der Waals surface area contributed by atoms with Gasteiger partial charge >= 0.3 is 5.97 Å². The van der Waals surface area contributed by atoms with E-state index in [-0.39, 0.29) is 12.2 Å². The highest BCUT2D eigenvalue weighted by atomic mass is 16.6. The van der Waals surface area contributed by atoms with Crippen LogP contribution in [-0.2, 0) is 14.3 Å². The summed E-state index contributed by atoms with van der Waals surface area (Å²) in [5, 5.41) is 9.06. The number of hydrogen-bond acceptors (Lipinski definition) is 4. The maximum Gasteiger partial charge on any atom is 0.308 e. The lowest BCUT2D eigenvalue weighted by molar-refractivity contribution is -0.158. The molecule has 0 aromatic rings. The number of carbonyl (C=O) groups is 2. The van der Waals surface area contributed by atoms with Crippen molar-refractivity contribution in [3.8, 4) is 6.07 Å². The summed E-state index contributed by atoms with van der Waals surface area (Å²) in [6, 6.07) is 1.99. The van der Waals surface area contributed by atoms with Crippen LogP contribution in [0.1, 0.15) is 46.5 Å². The Balaban J connectivity index is 2.69. The fourth-order valence-corrected chi connectivity index (χ4v) is 1.90. The first-order valence-electron chi connectivity index (χ1n) is 5.45. The highest BCUT2D eigenvalue weighted by molar-refractivity contribution is 5.93. The number of esters is 1. The molecule has 0 aromatic heterocycles. The minimum absolute atomic E-state index is 0.112. The van der Waals surface area contributed by atoms with Crippen molar-refractivity contribution in [2.75, 3.05) is 0 Å². The molecule has 1 aliphatic rings. The Morgan fingerprint density at radius 2 is 2.19 bits per heavy atom. The molecular weight excluding hydrogens is 206 g/mol. The van der Waals surface area contributed by atoms with Gasteiger partial charge in [-0.1, -0.05) is 0 Å². The second-order valence-corrected chi connectivity index (χ2v) is 5.23. The predicted octanol–water partition coefficient (Wildman–Crippen LogP) is 1.98. The molecule has 1 aliphatic carbocycles. The molecule has 0 aliphatic heterocycles. The molecular formula is C12H17NO3. The molecule has 1 rings (SSSR count). The fraction of sp³-hybridized carbons (Fsp3) is 0.750. The lowest BCUT2D eigenvalue weighted by Crippen LogP contribution is -2.32. The molecule has 0 heterocycles. The van der Waals surface area contributed by atoms with Gasteiger partial charge in [-0.2, -0.15) is 5.26 Å². The van der Waals surface area contributed by atoms with E-state index in [1.165, 1.54) is 0 Å². The third-order valence-electron chi connectivity index (χ3n) is 2.62. The van der Waals surface area contributed by atoms with Crippen LogP contribution >= 0.6 is 0 Å². The van der Waals surface area contributed by atoms with Crippen molar-refractivity contribution in [3.05, 3.63) is 0 Å². The Morgan fingerprint density at radius 3 is 2.56 bits per heavy atom. The van der Waals surface area contributed by atoms with Crippen molar-refractivity contribution in [3.63, 3.8) is 0 Å². The van der Waals surface area contributed by atoms with Gasteiger partial charge in [-0.25, -0.2) is 0 Å². The second kappa shape index (κ2) is 4.25. The van der Waals surface area contributed by atoms with Crippen molar-refractivity contribution in [1.82, 2.24) is 0 Å². The molecule has 0 radical (unpaired) electrons. The number of nitriles is 1. The van der Waals surface area contributed by atoms with Crippen LogP contribution in [0.15, 0.2) is 0 Å². The van der Waals surface area contributed by atoms with Crippen LogP contribution in [0.4, 0.5) is 0 Å². The van der Waals surface area contributed by atoms with Gasteiger partial charge in [0.05, 0.1) is 12.5 Å². The number of ether oxygens (including phenoxy) is 1. The van der Waals surface area contributed by atoms with Gasteiger partial charge in [0.25, 0.3) is 0 Å². The largest absolute Gasteiger partial charge is 0.460 e. The summed E-state index contributed by atoms with van der Waals surface area (Å²) in [6.07, 6.45) is 1.45. The van der Waals surface area contributed by atoms with Crippen LogP contribution < -0.4 is 0 Å². The Morgan fingerprint density at radius 1 is 1.56 bits per heavy atom. The monoisotopic (exact) mass is 223 g/mol. The minimum atomic E-state index is -1.12. The third-order valence-corrected chi connectivity index (χ3v) is 2.62. The highest BCUT2D eigenvalue weighted by Gasteiger charge is 2.44. The van der Waals surface area contributed by atoms with Crippen LogP contribution in [0.2, 0.25) is 0 Å². The number of hydrogen-bond donors (Lipinski definition) is 0. The first-order chi connectivity index (χ1) is 7.29. The lowest BCUT2D eigenvalue weighted by atomic mass is 9.83. The quantitative estimate of drug-likeness (QED) is 0.671. The molecule has 88 valence electrons. The van der Waals surface area contributed by atoms with E-state index >= 15 is 0 Å². The molecule has 4 heteroatoms. The van der Waals surface area contributed by atoms with E-state index in [2.05, 4.69) is 0 Å². The summed E-state index contributed by atoms with van der Waals surface area (Å²) in [7, 11) is 0. The van der Waals surface area contributed by atoms with Crippen LogP contribution in [0.25, 0.3) is 0 Å². The second-order valence-electron chi connectivity index (χ2n) is 5.23. The lowest BCUT2D eigenvalue weighted by Gasteiger charge is -2.23. The van der Waals surface area contributed by atoms with Crippen molar-refractivity contribution in [1.29, 1.82) is 5.26 Å². The molecule has 0 amide bonds. The molecule has 1 atom stereocenters. The maximum absolute atomic E-state index is 11.6. The smallest absolute Gasteiger partial charge is 0.308 e. The first-order valence-corrected chi connectivity index (χ1v) is 5.45. The molecule has 0 aromatic carbocycles.